The molecule has 5 heteroatoms. The Balaban J connectivity index is 2.22. The van der Waals surface area contributed by atoms with Gasteiger partial charge in [0.25, 0.3) is 11.7 Å². The summed E-state index contributed by atoms with van der Waals surface area (Å²) in [5.74, 6) is -1.39. The Morgan fingerprint density at radius 1 is 1.24 bits per heavy atom. The minimum Gasteiger partial charge on any atom is -0.355 e. The normalized spacial score (nSPS) is 13.6. The van der Waals surface area contributed by atoms with Crippen LogP contribution < -0.4 is 10.2 Å². The number of carbonyl (C=O) groups excluding carboxylic acids is 3. The number of hydrogen-bond acceptors (Lipinski definition) is 3. The summed E-state index contributed by atoms with van der Waals surface area (Å²) < 4.78 is 0. The lowest BCUT2D eigenvalue weighted by atomic mass is 10.0. The molecule has 0 radical (unpaired) electrons. The van der Waals surface area contributed by atoms with E-state index in [0.717, 1.165) is 24.0 Å². The van der Waals surface area contributed by atoms with Crippen molar-refractivity contribution in [3.63, 3.8) is 0 Å². The number of ketones is 1. The number of aryl methyl sites for hydroxylation is 1. The largest absolute Gasteiger partial charge is 0.355 e. The van der Waals surface area contributed by atoms with E-state index in [-0.39, 0.29) is 12.5 Å². The van der Waals surface area contributed by atoms with E-state index in [9.17, 15) is 14.4 Å². The van der Waals surface area contributed by atoms with Gasteiger partial charge in [-0.1, -0.05) is 19.4 Å². The van der Waals surface area contributed by atoms with Crippen LogP contribution in [0, 0.1) is 13.8 Å². The number of fused-ring (bicyclic) bond motifs is 1. The number of anilines is 1. The van der Waals surface area contributed by atoms with Gasteiger partial charge in [0.05, 0.1) is 11.3 Å². The lowest BCUT2D eigenvalue weighted by molar-refractivity contribution is -0.122. The Morgan fingerprint density at radius 2 is 1.95 bits per heavy atom. The van der Waals surface area contributed by atoms with Gasteiger partial charge >= 0.3 is 0 Å². The van der Waals surface area contributed by atoms with Crippen molar-refractivity contribution < 1.29 is 14.4 Å². The summed E-state index contributed by atoms with van der Waals surface area (Å²) in [6.07, 6.45) is 1.88. The van der Waals surface area contributed by atoms with E-state index in [2.05, 4.69) is 5.32 Å². The Morgan fingerprint density at radius 3 is 2.62 bits per heavy atom. The van der Waals surface area contributed by atoms with Crippen LogP contribution in [0.1, 0.15) is 41.3 Å². The van der Waals surface area contributed by atoms with Crippen LogP contribution >= 0.6 is 0 Å². The van der Waals surface area contributed by atoms with Crippen molar-refractivity contribution in [1.82, 2.24) is 5.32 Å². The molecule has 0 saturated heterocycles. The van der Waals surface area contributed by atoms with Gasteiger partial charge in [-0.15, -0.1) is 0 Å². The Bertz CT molecular complexity index is 608. The second-order valence-electron chi connectivity index (χ2n) is 5.33. The van der Waals surface area contributed by atoms with Gasteiger partial charge in [-0.2, -0.15) is 0 Å². The second kappa shape index (κ2) is 6.08. The van der Waals surface area contributed by atoms with Crippen molar-refractivity contribution in [3.05, 3.63) is 28.8 Å². The van der Waals surface area contributed by atoms with E-state index < -0.39 is 11.7 Å². The molecule has 0 unspecified atom stereocenters. The summed E-state index contributed by atoms with van der Waals surface area (Å²) in [5, 5.41) is 2.77. The molecule has 2 amide bonds. The fraction of sp³-hybridized carbons (Fsp3) is 0.438. The van der Waals surface area contributed by atoms with Gasteiger partial charge in [0.1, 0.15) is 6.54 Å². The number of carbonyl (C=O) groups is 3. The number of hydrogen-bond donors (Lipinski definition) is 1. The molecular weight excluding hydrogens is 268 g/mol. The minimum absolute atomic E-state index is 0.106. The van der Waals surface area contributed by atoms with Crippen molar-refractivity contribution in [2.45, 2.75) is 33.6 Å². The van der Waals surface area contributed by atoms with Crippen molar-refractivity contribution in [2.24, 2.45) is 0 Å². The molecule has 0 atom stereocenters. The first-order valence-corrected chi connectivity index (χ1v) is 7.20. The number of nitrogens with zero attached hydrogens (tertiary/aromatic N) is 1. The summed E-state index contributed by atoms with van der Waals surface area (Å²) in [5.41, 5.74) is 2.83. The highest BCUT2D eigenvalue weighted by Crippen LogP contribution is 2.33. The van der Waals surface area contributed by atoms with E-state index in [1.165, 1.54) is 4.90 Å². The molecule has 0 fully saturated rings. The predicted molar refractivity (Wildman–Crippen MR) is 80.5 cm³/mol. The fourth-order valence-electron chi connectivity index (χ4n) is 2.43. The van der Waals surface area contributed by atoms with E-state index in [1.807, 2.05) is 26.8 Å². The number of nitrogens with one attached hydrogen (secondary N) is 1. The van der Waals surface area contributed by atoms with Crippen LogP contribution in [-0.2, 0) is 9.59 Å². The maximum atomic E-state index is 12.1. The topological polar surface area (TPSA) is 66.5 Å². The summed E-state index contributed by atoms with van der Waals surface area (Å²) in [7, 11) is 0. The van der Waals surface area contributed by atoms with Crippen molar-refractivity contribution in [1.29, 1.82) is 0 Å². The monoisotopic (exact) mass is 288 g/mol. The molecule has 21 heavy (non-hydrogen) atoms. The summed E-state index contributed by atoms with van der Waals surface area (Å²) in [6.45, 7) is 6.30. The summed E-state index contributed by atoms with van der Waals surface area (Å²) >= 11 is 0. The van der Waals surface area contributed by atoms with Crippen LogP contribution in [0.3, 0.4) is 0 Å². The molecule has 2 rings (SSSR count). The highest BCUT2D eigenvalue weighted by atomic mass is 16.2. The van der Waals surface area contributed by atoms with Gasteiger partial charge in [-0.05, 0) is 37.5 Å². The molecule has 0 aliphatic carbocycles. The molecule has 1 aromatic carbocycles. The van der Waals surface area contributed by atoms with Gasteiger partial charge in [-0.25, -0.2) is 0 Å². The first-order chi connectivity index (χ1) is 9.97. The average molecular weight is 288 g/mol. The third-order valence-electron chi connectivity index (χ3n) is 3.81. The molecule has 0 aromatic heterocycles. The van der Waals surface area contributed by atoms with Gasteiger partial charge in [-0.3, -0.25) is 19.3 Å². The molecule has 5 nitrogen and oxygen atoms in total. The summed E-state index contributed by atoms with van der Waals surface area (Å²) in [4.78, 5) is 37.3. The van der Waals surface area contributed by atoms with Crippen molar-refractivity contribution in [2.75, 3.05) is 18.0 Å². The molecule has 0 saturated carbocycles. The highest BCUT2D eigenvalue weighted by Gasteiger charge is 2.38. The van der Waals surface area contributed by atoms with Crippen LogP contribution in [0.4, 0.5) is 5.69 Å². The Labute approximate surface area is 124 Å². The Kier molecular flexibility index (Phi) is 4.40. The number of Topliss-reactive ketones (excluding diaryl/α,β-unsaturated/α-hetero) is 1. The predicted octanol–water partition coefficient (Wildman–Crippen LogP) is 1.75. The highest BCUT2D eigenvalue weighted by molar-refractivity contribution is 6.52. The number of unbranched alkanes of at least 4 members (excludes halogenated alkanes) is 1. The molecule has 1 aliphatic heterocycles. The zero-order chi connectivity index (χ0) is 15.6. The van der Waals surface area contributed by atoms with Crippen LogP contribution in [0.5, 0.6) is 0 Å². The maximum Gasteiger partial charge on any atom is 0.299 e. The number of amides is 2. The molecule has 1 aliphatic rings. The van der Waals surface area contributed by atoms with Crippen LogP contribution in [0.15, 0.2) is 12.1 Å². The molecule has 0 bridgehead atoms. The molecule has 1 heterocycles. The van der Waals surface area contributed by atoms with Crippen LogP contribution in [-0.4, -0.2) is 30.7 Å². The molecule has 0 spiro atoms. The first-order valence-electron chi connectivity index (χ1n) is 7.20. The lowest BCUT2D eigenvalue weighted by Crippen LogP contribution is -2.40. The van der Waals surface area contributed by atoms with Crippen LogP contribution in [0.25, 0.3) is 0 Å². The van der Waals surface area contributed by atoms with Gasteiger partial charge in [0.15, 0.2) is 0 Å². The van der Waals surface area contributed by atoms with Crippen molar-refractivity contribution in [3.8, 4) is 0 Å². The third kappa shape index (κ3) is 2.82. The molecular formula is C16H20N2O3. The molecule has 1 aromatic rings. The maximum absolute atomic E-state index is 12.1. The minimum atomic E-state index is -0.621. The number of rotatable bonds is 5. The lowest BCUT2D eigenvalue weighted by Gasteiger charge is -2.19. The Hall–Kier alpha value is -2.17. The fourth-order valence-corrected chi connectivity index (χ4v) is 2.43. The van der Waals surface area contributed by atoms with Crippen molar-refractivity contribution >= 4 is 23.3 Å². The van der Waals surface area contributed by atoms with E-state index >= 15 is 0 Å². The smallest absolute Gasteiger partial charge is 0.299 e. The van der Waals surface area contributed by atoms with Crippen LogP contribution in [0.2, 0.25) is 0 Å². The average Bonchev–Trinajstić information content (AvgIpc) is 2.69. The first kappa shape index (κ1) is 15.2. The zero-order valence-corrected chi connectivity index (χ0v) is 12.7. The number of benzene rings is 1. The van der Waals surface area contributed by atoms with E-state index in [0.29, 0.717) is 17.8 Å². The van der Waals surface area contributed by atoms with E-state index in [1.54, 1.807) is 6.07 Å². The third-order valence-corrected chi connectivity index (χ3v) is 3.81. The second-order valence-corrected chi connectivity index (χ2v) is 5.33. The van der Waals surface area contributed by atoms with E-state index in [4.69, 9.17) is 0 Å². The quantitative estimate of drug-likeness (QED) is 0.663. The summed E-state index contributed by atoms with van der Waals surface area (Å²) in [6, 6.07) is 3.48. The van der Waals surface area contributed by atoms with Gasteiger partial charge in [0, 0.05) is 6.54 Å². The van der Waals surface area contributed by atoms with Gasteiger partial charge in [0.2, 0.25) is 5.91 Å². The standard InChI is InChI=1S/C16H20N2O3/c1-4-5-8-17-13(19)9-18-14-11(3)10(2)6-7-12(14)15(20)16(18)21/h6-7H,4-5,8-9H2,1-3H3,(H,17,19). The zero-order valence-electron chi connectivity index (χ0n) is 12.7. The molecule has 112 valence electrons. The molecule has 1 N–H and O–H groups in total. The van der Waals surface area contributed by atoms with Gasteiger partial charge < -0.3 is 5.32 Å². The SMILES string of the molecule is CCCCNC(=O)CN1C(=O)C(=O)c2ccc(C)c(C)c21.